The first-order valence-electron chi connectivity index (χ1n) is 14.8. The third-order valence-electron chi connectivity index (χ3n) is 8.07. The predicted molar refractivity (Wildman–Crippen MR) is 173 cm³/mol. The van der Waals surface area contributed by atoms with Crippen LogP contribution in [0.25, 0.3) is 0 Å². The normalized spacial score (nSPS) is 19.1. The first-order valence-corrected chi connectivity index (χ1v) is 15.6. The molecule has 2 aliphatic rings. The molecule has 0 aliphatic carbocycles. The van der Waals surface area contributed by atoms with Crippen molar-refractivity contribution < 1.29 is 18.8 Å². The third kappa shape index (κ3) is 9.27. The van der Waals surface area contributed by atoms with Crippen molar-refractivity contribution in [2.75, 3.05) is 32.0 Å². The van der Waals surface area contributed by atoms with E-state index in [0.29, 0.717) is 22.7 Å². The average Bonchev–Trinajstić information content (AvgIpc) is 2.97. The van der Waals surface area contributed by atoms with Gasteiger partial charge in [-0.2, -0.15) is 0 Å². The molecule has 0 aromatic heterocycles. The first kappa shape index (κ1) is 33.4. The van der Waals surface area contributed by atoms with Crippen LogP contribution in [-0.4, -0.2) is 60.2 Å². The van der Waals surface area contributed by atoms with Gasteiger partial charge in [0.1, 0.15) is 12.4 Å². The minimum absolute atomic E-state index is 0.0462. The van der Waals surface area contributed by atoms with E-state index in [1.165, 1.54) is 22.6 Å². The van der Waals surface area contributed by atoms with E-state index in [0.717, 1.165) is 36.5 Å². The minimum Gasteiger partial charge on any atom is -0.352 e. The van der Waals surface area contributed by atoms with E-state index < -0.39 is 17.8 Å². The van der Waals surface area contributed by atoms with Gasteiger partial charge in [-0.1, -0.05) is 47.5 Å². The quantitative estimate of drug-likeness (QED) is 0.320. The van der Waals surface area contributed by atoms with E-state index in [9.17, 15) is 18.8 Å². The number of amides is 3. The van der Waals surface area contributed by atoms with Gasteiger partial charge in [0.05, 0.1) is 12.0 Å². The fraction of sp³-hybridized carbons (Fsp3) is 0.382. The summed E-state index contributed by atoms with van der Waals surface area (Å²) in [5.41, 5.74) is 3.02. The molecule has 3 aromatic rings. The molecule has 0 radical (unpaired) electrons. The molecule has 234 valence electrons. The highest BCUT2D eigenvalue weighted by atomic mass is 35.5. The lowest BCUT2D eigenvalue weighted by Crippen LogP contribution is -2.52. The molecule has 2 heterocycles. The van der Waals surface area contributed by atoms with E-state index in [4.69, 9.17) is 23.2 Å². The van der Waals surface area contributed by atoms with Gasteiger partial charge in [0, 0.05) is 28.2 Å². The molecule has 44 heavy (non-hydrogen) atoms. The van der Waals surface area contributed by atoms with Crippen LogP contribution in [-0.2, 0) is 14.4 Å². The number of carbonyl (C=O) groups excluding carboxylic acids is 3. The van der Waals surface area contributed by atoms with Gasteiger partial charge < -0.3 is 20.4 Å². The zero-order chi connectivity index (χ0) is 31.8. The Labute approximate surface area is 268 Å². The number of hydrogen-bond donors (Lipinski definition) is 2. The summed E-state index contributed by atoms with van der Waals surface area (Å²) >= 11 is 11.7. The topological polar surface area (TPSA) is 81.8 Å². The van der Waals surface area contributed by atoms with E-state index >= 15 is 0 Å². The van der Waals surface area contributed by atoms with E-state index in [-0.39, 0.29) is 36.7 Å². The monoisotopic (exact) mass is 640 g/mol. The van der Waals surface area contributed by atoms with Crippen LogP contribution < -0.4 is 10.6 Å². The van der Waals surface area contributed by atoms with E-state index in [1.807, 2.05) is 45.2 Å². The summed E-state index contributed by atoms with van der Waals surface area (Å²) in [4.78, 5) is 43.3. The number of carbonyl (C=O) groups is 3. The lowest BCUT2D eigenvalue weighted by atomic mass is 9.82. The Kier molecular flexibility index (Phi) is 11.8. The second-order valence-electron chi connectivity index (χ2n) is 11.6. The van der Waals surface area contributed by atoms with Crippen molar-refractivity contribution in [3.63, 3.8) is 0 Å². The molecular formula is C34H39Cl2FN4O3. The molecule has 1 unspecified atom stereocenters. The van der Waals surface area contributed by atoms with Gasteiger partial charge in [-0.05, 0) is 112 Å². The van der Waals surface area contributed by atoms with Gasteiger partial charge in [0.15, 0.2) is 0 Å². The van der Waals surface area contributed by atoms with Crippen LogP contribution in [0.15, 0.2) is 66.7 Å². The molecule has 0 bridgehead atoms. The van der Waals surface area contributed by atoms with Crippen molar-refractivity contribution in [1.82, 2.24) is 15.1 Å². The molecule has 2 atom stereocenters. The van der Waals surface area contributed by atoms with Gasteiger partial charge in [-0.3, -0.25) is 14.4 Å². The Hall–Kier alpha value is -3.46. The van der Waals surface area contributed by atoms with Crippen molar-refractivity contribution in [3.05, 3.63) is 99.3 Å². The summed E-state index contributed by atoms with van der Waals surface area (Å²) in [6.07, 6.45) is 2.10. The van der Waals surface area contributed by atoms with Crippen LogP contribution in [0.4, 0.5) is 10.1 Å². The fourth-order valence-electron chi connectivity index (χ4n) is 5.72. The highest BCUT2D eigenvalue weighted by Gasteiger charge is 2.42. The lowest BCUT2D eigenvalue weighted by Gasteiger charge is -2.41. The van der Waals surface area contributed by atoms with Crippen molar-refractivity contribution >= 4 is 46.6 Å². The zero-order valence-electron chi connectivity index (χ0n) is 25.3. The number of aryl methyl sites for hydroxylation is 2. The van der Waals surface area contributed by atoms with Crippen molar-refractivity contribution in [2.24, 2.45) is 5.92 Å². The minimum atomic E-state index is -0.774. The fourth-order valence-corrected chi connectivity index (χ4v) is 6.15. The third-order valence-corrected chi connectivity index (χ3v) is 8.54. The summed E-state index contributed by atoms with van der Waals surface area (Å²) in [5.74, 6) is -1.93. The van der Waals surface area contributed by atoms with Crippen LogP contribution in [0.1, 0.15) is 48.4 Å². The number of anilines is 1. The zero-order valence-corrected chi connectivity index (χ0v) is 26.8. The predicted octanol–water partition coefficient (Wildman–Crippen LogP) is 6.56. The molecule has 0 saturated carbocycles. The van der Waals surface area contributed by atoms with E-state index in [2.05, 4.69) is 15.5 Å². The van der Waals surface area contributed by atoms with Crippen molar-refractivity contribution in [3.8, 4) is 0 Å². The number of benzene rings is 3. The number of nitrogens with zero attached hydrogens (tertiary/aromatic N) is 2. The number of piperidine rings is 2. The molecule has 5 rings (SSSR count). The molecule has 2 aliphatic heterocycles. The second-order valence-corrected chi connectivity index (χ2v) is 12.4. The SMILES string of the molecule is Cc1ccc(F)cc1[C@@H]1C(C(=O)Nc2cccc(Cl)c2)CCC(=O)N1CC(=O)NC1CCN(C)CC1.Cc1cccc(Cl)c1. The van der Waals surface area contributed by atoms with Gasteiger partial charge >= 0.3 is 0 Å². The number of hydrogen-bond acceptors (Lipinski definition) is 4. The molecule has 3 amide bonds. The molecule has 2 fully saturated rings. The second kappa shape index (κ2) is 15.5. The summed E-state index contributed by atoms with van der Waals surface area (Å²) in [6, 6.07) is 18.2. The molecule has 2 N–H and O–H groups in total. The molecular weight excluding hydrogens is 602 g/mol. The van der Waals surface area contributed by atoms with E-state index in [1.54, 1.807) is 30.3 Å². The summed E-state index contributed by atoms with van der Waals surface area (Å²) < 4.78 is 14.3. The molecule has 7 nitrogen and oxygen atoms in total. The highest BCUT2D eigenvalue weighted by molar-refractivity contribution is 6.31. The number of nitrogens with one attached hydrogen (secondary N) is 2. The van der Waals surface area contributed by atoms with Crippen molar-refractivity contribution in [1.29, 1.82) is 0 Å². The number of halogens is 3. The average molecular weight is 642 g/mol. The standard InChI is InChI=1S/C27H32ClFN4O3.C7H7Cl/c1-17-6-7-19(29)15-23(17)26-22(27(36)31-21-5-3-4-18(28)14-21)8-9-25(35)33(26)16-24(34)30-20-10-12-32(2)13-11-20;1-6-3-2-4-7(8)5-6/h3-7,14-15,20,22,26H,8-13,16H2,1-2H3,(H,30,34)(H,31,36);2-5H,1H3/t22?,26-;/m0./s1. The maximum Gasteiger partial charge on any atom is 0.239 e. The van der Waals surface area contributed by atoms with Crippen LogP contribution in [0.3, 0.4) is 0 Å². The van der Waals surface area contributed by atoms with Crippen LogP contribution in [0.2, 0.25) is 10.0 Å². The first-order chi connectivity index (χ1) is 21.0. The summed E-state index contributed by atoms with van der Waals surface area (Å²) in [6.45, 7) is 5.43. The largest absolute Gasteiger partial charge is 0.352 e. The Morgan fingerprint density at radius 3 is 2.25 bits per heavy atom. The number of rotatable bonds is 6. The molecule has 0 spiro atoms. The van der Waals surface area contributed by atoms with Gasteiger partial charge in [0.2, 0.25) is 17.7 Å². The summed E-state index contributed by atoms with van der Waals surface area (Å²) in [7, 11) is 2.05. The molecule has 3 aromatic carbocycles. The van der Waals surface area contributed by atoms with Crippen LogP contribution >= 0.6 is 23.2 Å². The van der Waals surface area contributed by atoms with Gasteiger partial charge in [-0.15, -0.1) is 0 Å². The Morgan fingerprint density at radius 2 is 1.61 bits per heavy atom. The summed E-state index contributed by atoms with van der Waals surface area (Å²) in [5, 5.41) is 7.22. The van der Waals surface area contributed by atoms with Gasteiger partial charge in [-0.25, -0.2) is 4.39 Å². The van der Waals surface area contributed by atoms with Crippen molar-refractivity contribution in [2.45, 2.75) is 51.6 Å². The smallest absolute Gasteiger partial charge is 0.239 e. The molecule has 10 heteroatoms. The lowest BCUT2D eigenvalue weighted by molar-refractivity contribution is -0.146. The van der Waals surface area contributed by atoms with Crippen LogP contribution in [0.5, 0.6) is 0 Å². The van der Waals surface area contributed by atoms with Crippen LogP contribution in [0, 0.1) is 25.6 Å². The Morgan fingerprint density at radius 1 is 0.932 bits per heavy atom. The number of likely N-dealkylation sites (tertiary alicyclic amines) is 2. The highest BCUT2D eigenvalue weighted by Crippen LogP contribution is 2.39. The maximum absolute atomic E-state index is 14.3. The maximum atomic E-state index is 14.3. The Balaban J connectivity index is 0.000000479. The van der Waals surface area contributed by atoms with Gasteiger partial charge in [0.25, 0.3) is 0 Å². The Bertz CT molecular complexity index is 1460. The molecule has 2 saturated heterocycles.